The zero-order valence-corrected chi connectivity index (χ0v) is 14.4. The Morgan fingerprint density at radius 1 is 1.22 bits per heavy atom. The first-order valence-electron chi connectivity index (χ1n) is 7.85. The lowest BCUT2D eigenvalue weighted by molar-refractivity contribution is -0.118. The Bertz CT molecular complexity index is 735. The number of fused-ring (bicyclic) bond motifs is 1. The van der Waals surface area contributed by atoms with E-state index in [0.29, 0.717) is 41.9 Å². The SMILES string of the molecule is Cc1cc2c(cc1S(=O)(=O)N1C[C@H](C)C[C@@H](C)C1)OCC(=O)N2. The van der Waals surface area contributed by atoms with Gasteiger partial charge < -0.3 is 10.1 Å². The average Bonchev–Trinajstić information content (AvgIpc) is 2.45. The molecule has 1 saturated heterocycles. The van der Waals surface area contributed by atoms with Crippen LogP contribution >= 0.6 is 0 Å². The molecular formula is C16H22N2O4S. The standard InChI is InChI=1S/C16H22N2O4S/c1-10-4-11(2)8-18(7-10)23(20,21)15-6-14-13(5-12(15)3)17-16(19)9-22-14/h5-6,10-11H,4,7-9H2,1-3H3,(H,17,19)/t10-,11-/m1/s1. The number of hydrogen-bond acceptors (Lipinski definition) is 4. The van der Waals surface area contributed by atoms with Crippen molar-refractivity contribution in [2.75, 3.05) is 25.0 Å². The van der Waals surface area contributed by atoms with E-state index in [1.165, 1.54) is 6.07 Å². The van der Waals surface area contributed by atoms with Crippen LogP contribution in [0, 0.1) is 18.8 Å². The predicted octanol–water partition coefficient (Wildman–Crippen LogP) is 1.99. The Balaban J connectivity index is 1.98. The molecule has 0 aromatic heterocycles. The third-order valence-corrected chi connectivity index (χ3v) is 6.34. The number of nitrogens with one attached hydrogen (secondary N) is 1. The molecule has 0 unspecified atom stereocenters. The van der Waals surface area contributed by atoms with Crippen molar-refractivity contribution in [2.24, 2.45) is 11.8 Å². The van der Waals surface area contributed by atoms with Crippen LogP contribution in [0.2, 0.25) is 0 Å². The molecule has 2 heterocycles. The van der Waals surface area contributed by atoms with E-state index in [2.05, 4.69) is 19.2 Å². The fourth-order valence-electron chi connectivity index (χ4n) is 3.44. The number of ether oxygens (including phenoxy) is 1. The molecule has 6 nitrogen and oxygen atoms in total. The van der Waals surface area contributed by atoms with Gasteiger partial charge in [0.1, 0.15) is 5.75 Å². The predicted molar refractivity (Wildman–Crippen MR) is 87.0 cm³/mol. The quantitative estimate of drug-likeness (QED) is 0.895. The molecule has 126 valence electrons. The highest BCUT2D eigenvalue weighted by molar-refractivity contribution is 7.89. The fourth-order valence-corrected chi connectivity index (χ4v) is 5.34. The topological polar surface area (TPSA) is 75.7 Å². The molecule has 7 heteroatoms. The average molecular weight is 338 g/mol. The largest absolute Gasteiger partial charge is 0.482 e. The summed E-state index contributed by atoms with van der Waals surface area (Å²) in [6, 6.07) is 3.19. The molecule has 0 spiro atoms. The van der Waals surface area contributed by atoms with Gasteiger partial charge in [-0.1, -0.05) is 13.8 Å². The van der Waals surface area contributed by atoms with E-state index in [0.717, 1.165) is 6.42 Å². The van der Waals surface area contributed by atoms with Crippen molar-refractivity contribution >= 4 is 21.6 Å². The number of amides is 1. The molecular weight excluding hydrogens is 316 g/mol. The van der Waals surface area contributed by atoms with Crippen LogP contribution in [0.25, 0.3) is 0 Å². The molecule has 1 aromatic rings. The van der Waals surface area contributed by atoms with E-state index in [4.69, 9.17) is 4.74 Å². The summed E-state index contributed by atoms with van der Waals surface area (Å²) in [6.45, 7) is 6.90. The first kappa shape index (κ1) is 16.3. The van der Waals surface area contributed by atoms with Gasteiger partial charge in [-0.25, -0.2) is 8.42 Å². The highest BCUT2D eigenvalue weighted by atomic mass is 32.2. The van der Waals surface area contributed by atoms with E-state index >= 15 is 0 Å². The lowest BCUT2D eigenvalue weighted by Gasteiger charge is -2.34. The molecule has 1 N–H and O–H groups in total. The van der Waals surface area contributed by atoms with Crippen LogP contribution in [0.1, 0.15) is 25.8 Å². The molecule has 1 amide bonds. The van der Waals surface area contributed by atoms with E-state index in [-0.39, 0.29) is 17.4 Å². The number of anilines is 1. The Morgan fingerprint density at radius 2 is 1.87 bits per heavy atom. The molecule has 1 fully saturated rings. The van der Waals surface area contributed by atoms with Gasteiger partial charge in [0.15, 0.2) is 6.61 Å². The molecule has 3 rings (SSSR count). The maximum Gasteiger partial charge on any atom is 0.262 e. The minimum Gasteiger partial charge on any atom is -0.482 e. The van der Waals surface area contributed by atoms with Crippen molar-refractivity contribution in [1.29, 1.82) is 0 Å². The van der Waals surface area contributed by atoms with Gasteiger partial charge >= 0.3 is 0 Å². The molecule has 0 aliphatic carbocycles. The number of benzene rings is 1. The van der Waals surface area contributed by atoms with Gasteiger partial charge in [0.2, 0.25) is 10.0 Å². The van der Waals surface area contributed by atoms with Crippen LogP contribution in [0.15, 0.2) is 17.0 Å². The van der Waals surface area contributed by atoms with Crippen molar-refractivity contribution in [3.8, 4) is 5.75 Å². The van der Waals surface area contributed by atoms with Crippen LogP contribution in [0.3, 0.4) is 0 Å². The highest BCUT2D eigenvalue weighted by Crippen LogP contribution is 2.35. The second-order valence-corrected chi connectivity index (χ2v) is 8.63. The van der Waals surface area contributed by atoms with Gasteiger partial charge in [-0.2, -0.15) is 4.31 Å². The number of piperidine rings is 1. The minimum absolute atomic E-state index is 0.0899. The third kappa shape index (κ3) is 3.07. The summed E-state index contributed by atoms with van der Waals surface area (Å²) in [5.41, 5.74) is 1.14. The molecule has 2 aliphatic heterocycles. The number of carbonyl (C=O) groups is 1. The number of aryl methyl sites for hydroxylation is 1. The minimum atomic E-state index is -3.56. The van der Waals surface area contributed by atoms with Gasteiger partial charge in [-0.15, -0.1) is 0 Å². The van der Waals surface area contributed by atoms with E-state index in [9.17, 15) is 13.2 Å². The van der Waals surface area contributed by atoms with Gasteiger partial charge in [-0.3, -0.25) is 4.79 Å². The zero-order valence-electron chi connectivity index (χ0n) is 13.6. The summed E-state index contributed by atoms with van der Waals surface area (Å²) in [5, 5.41) is 2.70. The number of carbonyl (C=O) groups excluding carboxylic acids is 1. The second kappa shape index (κ2) is 5.79. The molecule has 2 aliphatic rings. The fraction of sp³-hybridized carbons (Fsp3) is 0.562. The summed E-state index contributed by atoms with van der Waals surface area (Å²) >= 11 is 0. The van der Waals surface area contributed by atoms with E-state index in [1.54, 1.807) is 17.3 Å². The number of rotatable bonds is 2. The molecule has 0 radical (unpaired) electrons. The molecule has 1 aromatic carbocycles. The van der Waals surface area contributed by atoms with Crippen LogP contribution in [0.5, 0.6) is 5.75 Å². The normalized spacial score (nSPS) is 25.4. The smallest absolute Gasteiger partial charge is 0.262 e. The number of sulfonamides is 1. The van der Waals surface area contributed by atoms with Gasteiger partial charge in [0.25, 0.3) is 5.91 Å². The Hall–Kier alpha value is -1.60. The first-order chi connectivity index (χ1) is 10.8. The zero-order chi connectivity index (χ0) is 16.8. The van der Waals surface area contributed by atoms with Gasteiger partial charge in [0, 0.05) is 19.2 Å². The third-order valence-electron chi connectivity index (χ3n) is 4.36. The van der Waals surface area contributed by atoms with Crippen molar-refractivity contribution in [2.45, 2.75) is 32.1 Å². The number of nitrogens with zero attached hydrogens (tertiary/aromatic N) is 1. The molecule has 0 saturated carbocycles. The number of hydrogen-bond donors (Lipinski definition) is 1. The van der Waals surface area contributed by atoms with E-state index in [1.807, 2.05) is 0 Å². The lowest BCUT2D eigenvalue weighted by Crippen LogP contribution is -2.42. The molecule has 2 atom stereocenters. The Morgan fingerprint density at radius 3 is 2.52 bits per heavy atom. The summed E-state index contributed by atoms with van der Waals surface area (Å²) in [6.07, 6.45) is 1.05. The first-order valence-corrected chi connectivity index (χ1v) is 9.29. The summed E-state index contributed by atoms with van der Waals surface area (Å²) in [5.74, 6) is 0.877. The monoisotopic (exact) mass is 338 g/mol. The maximum atomic E-state index is 13.0. The van der Waals surface area contributed by atoms with Crippen molar-refractivity contribution in [3.63, 3.8) is 0 Å². The maximum absolute atomic E-state index is 13.0. The van der Waals surface area contributed by atoms with Gasteiger partial charge in [-0.05, 0) is 36.8 Å². The van der Waals surface area contributed by atoms with Crippen molar-refractivity contribution in [1.82, 2.24) is 4.31 Å². The van der Waals surface area contributed by atoms with Crippen molar-refractivity contribution in [3.05, 3.63) is 17.7 Å². The lowest BCUT2D eigenvalue weighted by atomic mass is 9.94. The van der Waals surface area contributed by atoms with Crippen LogP contribution in [-0.4, -0.2) is 38.3 Å². The van der Waals surface area contributed by atoms with Crippen molar-refractivity contribution < 1.29 is 17.9 Å². The van der Waals surface area contributed by atoms with Crippen LogP contribution < -0.4 is 10.1 Å². The second-order valence-electron chi connectivity index (χ2n) is 6.72. The van der Waals surface area contributed by atoms with Crippen LogP contribution in [0.4, 0.5) is 5.69 Å². The van der Waals surface area contributed by atoms with Crippen LogP contribution in [-0.2, 0) is 14.8 Å². The summed E-state index contributed by atoms with van der Waals surface area (Å²) in [7, 11) is -3.56. The van der Waals surface area contributed by atoms with E-state index < -0.39 is 10.0 Å². The van der Waals surface area contributed by atoms with Gasteiger partial charge in [0.05, 0.1) is 10.6 Å². The molecule has 0 bridgehead atoms. The molecule has 23 heavy (non-hydrogen) atoms. The Kier molecular flexibility index (Phi) is 4.10. The Labute approximate surface area is 136 Å². The summed E-state index contributed by atoms with van der Waals surface area (Å²) in [4.78, 5) is 11.6. The summed E-state index contributed by atoms with van der Waals surface area (Å²) < 4.78 is 33.0. The highest BCUT2D eigenvalue weighted by Gasteiger charge is 2.33.